The number of aromatic nitrogens is 2. The van der Waals surface area contributed by atoms with Crippen LogP contribution in [0.1, 0.15) is 12.1 Å². The minimum atomic E-state index is -0.269. The van der Waals surface area contributed by atoms with E-state index in [9.17, 15) is 9.18 Å². The molecule has 0 bridgehead atoms. The van der Waals surface area contributed by atoms with Crippen molar-refractivity contribution in [3.63, 3.8) is 0 Å². The normalized spacial score (nSPS) is 13.0. The zero-order chi connectivity index (χ0) is 20.4. The summed E-state index contributed by atoms with van der Waals surface area (Å²) < 4.78 is 21.0. The van der Waals surface area contributed by atoms with Crippen molar-refractivity contribution in [3.05, 3.63) is 54.0 Å². The molecular formula is C22H22FN3O2S. The summed E-state index contributed by atoms with van der Waals surface area (Å²) in [6.45, 7) is 2.78. The second-order valence-corrected chi connectivity index (χ2v) is 7.92. The van der Waals surface area contributed by atoms with Crippen molar-refractivity contribution in [1.82, 2.24) is 9.78 Å². The van der Waals surface area contributed by atoms with Gasteiger partial charge in [-0.25, -0.2) is 4.39 Å². The molecule has 3 aromatic rings. The highest BCUT2D eigenvalue weighted by Crippen LogP contribution is 2.39. The fourth-order valence-corrected chi connectivity index (χ4v) is 4.01. The molecule has 1 aromatic heterocycles. The lowest BCUT2D eigenvalue weighted by atomic mass is 9.98. The molecule has 0 saturated carbocycles. The van der Waals surface area contributed by atoms with E-state index in [1.165, 1.54) is 12.1 Å². The monoisotopic (exact) mass is 411 g/mol. The van der Waals surface area contributed by atoms with Crippen molar-refractivity contribution in [3.8, 4) is 28.1 Å². The number of nitrogens with zero attached hydrogens (tertiary/aromatic N) is 2. The maximum atomic E-state index is 13.5. The minimum absolute atomic E-state index is 0.0274. The molecule has 29 heavy (non-hydrogen) atoms. The Hall–Kier alpha value is -2.80. The van der Waals surface area contributed by atoms with E-state index in [0.717, 1.165) is 46.8 Å². The fraction of sp³-hybridized carbons (Fsp3) is 0.273. The number of thioether (sulfide) groups is 1. The van der Waals surface area contributed by atoms with Crippen LogP contribution < -0.4 is 10.1 Å². The second-order valence-electron chi connectivity index (χ2n) is 6.93. The number of aryl methyl sites for hydroxylation is 2. The van der Waals surface area contributed by atoms with Gasteiger partial charge in [-0.1, -0.05) is 6.07 Å². The molecule has 0 unspecified atom stereocenters. The number of nitrogens with one attached hydrogen (secondary N) is 1. The molecule has 2 heterocycles. The maximum absolute atomic E-state index is 13.5. The van der Waals surface area contributed by atoms with Gasteiger partial charge < -0.3 is 10.1 Å². The molecule has 1 N–H and O–H groups in total. The summed E-state index contributed by atoms with van der Waals surface area (Å²) in [6.07, 6.45) is 3.08. The molecule has 0 aliphatic carbocycles. The van der Waals surface area contributed by atoms with Gasteiger partial charge in [0.1, 0.15) is 11.6 Å². The lowest BCUT2D eigenvalue weighted by molar-refractivity contribution is -0.118. The first-order valence-corrected chi connectivity index (χ1v) is 10.9. The molecule has 2 aromatic carbocycles. The van der Waals surface area contributed by atoms with Crippen molar-refractivity contribution < 1.29 is 13.9 Å². The van der Waals surface area contributed by atoms with Crippen LogP contribution in [0.3, 0.4) is 0 Å². The molecule has 0 radical (unpaired) electrons. The molecule has 7 heteroatoms. The van der Waals surface area contributed by atoms with Gasteiger partial charge in [-0.15, -0.1) is 0 Å². The number of ether oxygens (including phenoxy) is 1. The summed E-state index contributed by atoms with van der Waals surface area (Å²) in [5, 5.41) is 7.64. The van der Waals surface area contributed by atoms with Crippen LogP contribution in [0.5, 0.6) is 5.75 Å². The topological polar surface area (TPSA) is 56.2 Å². The zero-order valence-electron chi connectivity index (χ0n) is 16.4. The Morgan fingerprint density at radius 2 is 1.97 bits per heavy atom. The molecule has 1 aliphatic heterocycles. The highest BCUT2D eigenvalue weighted by molar-refractivity contribution is 7.98. The molecule has 4 rings (SSSR count). The first-order valence-electron chi connectivity index (χ1n) is 9.46. The molecule has 0 fully saturated rings. The Balaban J connectivity index is 1.83. The third-order valence-electron chi connectivity index (χ3n) is 4.86. The molecule has 5 nitrogen and oxygen atoms in total. The number of carbonyl (C=O) groups is 1. The first kappa shape index (κ1) is 19.5. The smallest absolute Gasteiger partial charge is 0.262 e. The largest absolute Gasteiger partial charge is 0.482 e. The van der Waals surface area contributed by atoms with Gasteiger partial charge in [0.05, 0.1) is 17.1 Å². The van der Waals surface area contributed by atoms with Crippen LogP contribution in [0.2, 0.25) is 0 Å². The Labute approximate surface area is 173 Å². The number of carbonyl (C=O) groups excluding carboxylic acids is 1. The van der Waals surface area contributed by atoms with Gasteiger partial charge >= 0.3 is 0 Å². The van der Waals surface area contributed by atoms with Gasteiger partial charge in [-0.05, 0) is 67.3 Å². The van der Waals surface area contributed by atoms with Crippen LogP contribution in [0.4, 0.5) is 10.1 Å². The SMILES string of the molecule is CSCCCn1nc(C)c(-c2ccc3c(c2)NC(=O)CO3)c1-c1ccc(F)cc1. The van der Waals surface area contributed by atoms with Crippen molar-refractivity contribution in [2.75, 3.05) is 23.9 Å². The van der Waals surface area contributed by atoms with Gasteiger partial charge in [0.25, 0.3) is 5.91 Å². The number of fused-ring (bicyclic) bond motifs is 1. The van der Waals surface area contributed by atoms with Crippen LogP contribution in [-0.2, 0) is 11.3 Å². The minimum Gasteiger partial charge on any atom is -0.482 e. The van der Waals surface area contributed by atoms with Crippen molar-refractivity contribution >= 4 is 23.4 Å². The van der Waals surface area contributed by atoms with E-state index in [-0.39, 0.29) is 18.3 Å². The summed E-state index contributed by atoms with van der Waals surface area (Å²) >= 11 is 1.80. The molecule has 1 amide bonds. The standard InChI is InChI=1S/C22H22FN3O2S/c1-14-21(16-6-9-19-18(12-16)24-20(27)13-28-19)22(15-4-7-17(23)8-5-15)26(25-14)10-3-11-29-2/h4-9,12H,3,10-11,13H2,1-2H3,(H,24,27). The zero-order valence-corrected chi connectivity index (χ0v) is 17.2. The molecule has 150 valence electrons. The van der Waals surface area contributed by atoms with Gasteiger partial charge in [-0.2, -0.15) is 16.9 Å². The lowest BCUT2D eigenvalue weighted by Crippen LogP contribution is -2.25. The van der Waals surface area contributed by atoms with E-state index in [2.05, 4.69) is 11.6 Å². The van der Waals surface area contributed by atoms with Crippen molar-refractivity contribution in [2.24, 2.45) is 0 Å². The van der Waals surface area contributed by atoms with Crippen LogP contribution in [0.25, 0.3) is 22.4 Å². The van der Waals surface area contributed by atoms with E-state index in [1.807, 2.05) is 29.8 Å². The maximum Gasteiger partial charge on any atom is 0.262 e. The number of halogens is 1. The fourth-order valence-electron chi connectivity index (χ4n) is 3.59. The van der Waals surface area contributed by atoms with Gasteiger partial charge in [0, 0.05) is 17.7 Å². The third-order valence-corrected chi connectivity index (χ3v) is 5.56. The molecule has 0 spiro atoms. The number of amides is 1. The number of rotatable bonds is 6. The number of hydrogen-bond acceptors (Lipinski definition) is 4. The second kappa shape index (κ2) is 8.29. The number of hydrogen-bond donors (Lipinski definition) is 1. The summed E-state index contributed by atoms with van der Waals surface area (Å²) in [5.41, 5.74) is 5.30. The van der Waals surface area contributed by atoms with Crippen LogP contribution in [0, 0.1) is 12.7 Å². The lowest BCUT2D eigenvalue weighted by Gasteiger charge is -2.19. The van der Waals surface area contributed by atoms with E-state index in [4.69, 9.17) is 9.84 Å². The van der Waals surface area contributed by atoms with E-state index >= 15 is 0 Å². The van der Waals surface area contributed by atoms with Crippen LogP contribution in [0.15, 0.2) is 42.5 Å². The summed E-state index contributed by atoms with van der Waals surface area (Å²) in [4.78, 5) is 11.7. The van der Waals surface area contributed by atoms with Gasteiger partial charge in [0.2, 0.25) is 0 Å². The van der Waals surface area contributed by atoms with Crippen molar-refractivity contribution in [2.45, 2.75) is 19.9 Å². The van der Waals surface area contributed by atoms with E-state index < -0.39 is 0 Å². The highest BCUT2D eigenvalue weighted by atomic mass is 32.2. The molecule has 0 atom stereocenters. The van der Waals surface area contributed by atoms with Crippen LogP contribution in [-0.4, -0.2) is 34.3 Å². The summed E-state index contributed by atoms with van der Waals surface area (Å²) in [5.74, 6) is 1.26. The van der Waals surface area contributed by atoms with E-state index in [0.29, 0.717) is 11.4 Å². The Morgan fingerprint density at radius 1 is 1.21 bits per heavy atom. The average Bonchev–Trinajstić information content (AvgIpc) is 3.04. The molecular weight excluding hydrogens is 389 g/mol. The first-order chi connectivity index (χ1) is 14.1. The Kier molecular flexibility index (Phi) is 5.58. The third kappa shape index (κ3) is 4.00. The quantitative estimate of drug-likeness (QED) is 0.595. The van der Waals surface area contributed by atoms with Gasteiger partial charge in [0.15, 0.2) is 6.61 Å². The molecule has 0 saturated heterocycles. The van der Waals surface area contributed by atoms with Crippen LogP contribution >= 0.6 is 11.8 Å². The predicted molar refractivity (Wildman–Crippen MR) is 115 cm³/mol. The Bertz CT molecular complexity index is 1050. The van der Waals surface area contributed by atoms with E-state index in [1.54, 1.807) is 23.9 Å². The summed E-state index contributed by atoms with van der Waals surface area (Å²) in [7, 11) is 0. The van der Waals surface area contributed by atoms with Crippen molar-refractivity contribution in [1.29, 1.82) is 0 Å². The predicted octanol–water partition coefficient (Wildman–Crippen LogP) is 4.75. The molecule has 1 aliphatic rings. The number of benzene rings is 2. The Morgan fingerprint density at radius 3 is 2.72 bits per heavy atom. The van der Waals surface area contributed by atoms with Gasteiger partial charge in [-0.3, -0.25) is 9.48 Å². The number of anilines is 1. The average molecular weight is 412 g/mol. The summed E-state index contributed by atoms with van der Waals surface area (Å²) in [6, 6.07) is 12.2. The highest BCUT2D eigenvalue weighted by Gasteiger charge is 2.22.